The Kier molecular flexibility index (Phi) is 2.01. The first-order valence-corrected chi connectivity index (χ1v) is 5.27. The van der Waals surface area contributed by atoms with E-state index in [0.717, 1.165) is 22.0 Å². The predicted molar refractivity (Wildman–Crippen MR) is 67.6 cm³/mol. The third-order valence-electron chi connectivity index (χ3n) is 2.77. The average molecular weight is 225 g/mol. The number of phenols is 1. The monoisotopic (exact) mass is 225 g/mol. The molecule has 3 rings (SSSR count). The number of rotatable bonds is 1. The Hall–Kier alpha value is -2.49. The van der Waals surface area contributed by atoms with E-state index in [2.05, 4.69) is 10.2 Å². The third kappa shape index (κ3) is 1.59. The predicted octanol–water partition coefficient (Wildman–Crippen LogP) is 2.52. The van der Waals surface area contributed by atoms with Crippen LogP contribution in [0, 0.1) is 0 Å². The van der Waals surface area contributed by atoms with E-state index in [1.54, 1.807) is 12.1 Å². The second-order valence-corrected chi connectivity index (χ2v) is 3.92. The normalized spacial score (nSPS) is 10.8. The van der Waals surface area contributed by atoms with Gasteiger partial charge in [-0.2, -0.15) is 5.10 Å². The van der Waals surface area contributed by atoms with Crippen molar-refractivity contribution in [3.8, 4) is 16.9 Å². The summed E-state index contributed by atoms with van der Waals surface area (Å²) in [5, 5.41) is 17.2. The van der Waals surface area contributed by atoms with Gasteiger partial charge >= 0.3 is 0 Å². The second-order valence-electron chi connectivity index (χ2n) is 3.92. The molecule has 0 fully saturated rings. The van der Waals surface area contributed by atoms with Crippen molar-refractivity contribution in [1.82, 2.24) is 10.2 Å². The number of hydrogen-bond donors (Lipinski definition) is 3. The minimum atomic E-state index is 0.253. The number of anilines is 1. The highest BCUT2D eigenvalue weighted by Gasteiger charge is 2.04. The summed E-state index contributed by atoms with van der Waals surface area (Å²) in [4.78, 5) is 0. The molecule has 0 unspecified atom stereocenters. The van der Waals surface area contributed by atoms with Gasteiger partial charge in [0.2, 0.25) is 0 Å². The van der Waals surface area contributed by atoms with Crippen LogP contribution in [0.5, 0.6) is 5.75 Å². The van der Waals surface area contributed by atoms with Gasteiger partial charge in [0.1, 0.15) is 5.75 Å². The van der Waals surface area contributed by atoms with Crippen molar-refractivity contribution in [3.63, 3.8) is 0 Å². The fourth-order valence-electron chi connectivity index (χ4n) is 1.90. The lowest BCUT2D eigenvalue weighted by Gasteiger charge is -2.02. The van der Waals surface area contributed by atoms with E-state index < -0.39 is 0 Å². The van der Waals surface area contributed by atoms with Gasteiger partial charge in [-0.3, -0.25) is 5.10 Å². The Morgan fingerprint density at radius 2 is 1.88 bits per heavy atom. The van der Waals surface area contributed by atoms with Crippen molar-refractivity contribution >= 4 is 16.7 Å². The smallest absolute Gasteiger partial charge is 0.153 e. The number of fused-ring (bicyclic) bond motifs is 1. The first-order chi connectivity index (χ1) is 8.24. The molecule has 0 aliphatic carbocycles. The Morgan fingerprint density at radius 1 is 1.06 bits per heavy atom. The SMILES string of the molecule is Nc1n[nH]c2ccc(-c3cccc(O)c3)cc12. The number of H-pyrrole nitrogens is 1. The van der Waals surface area contributed by atoms with Crippen LogP contribution < -0.4 is 5.73 Å². The Labute approximate surface area is 97.7 Å². The van der Waals surface area contributed by atoms with Crippen LogP contribution in [0.25, 0.3) is 22.0 Å². The molecule has 0 amide bonds. The molecule has 1 aromatic heterocycles. The lowest BCUT2D eigenvalue weighted by Crippen LogP contribution is -1.84. The molecule has 0 saturated carbocycles. The summed E-state index contributed by atoms with van der Waals surface area (Å²) < 4.78 is 0. The number of aromatic nitrogens is 2. The summed E-state index contributed by atoms with van der Waals surface area (Å²) in [6, 6.07) is 13.0. The Balaban J connectivity index is 2.20. The molecule has 4 nitrogen and oxygen atoms in total. The second kappa shape index (κ2) is 3.52. The van der Waals surface area contributed by atoms with Crippen LogP contribution in [-0.2, 0) is 0 Å². The lowest BCUT2D eigenvalue weighted by atomic mass is 10.0. The van der Waals surface area contributed by atoms with Crippen molar-refractivity contribution in [3.05, 3.63) is 42.5 Å². The van der Waals surface area contributed by atoms with Gasteiger partial charge < -0.3 is 10.8 Å². The zero-order valence-electron chi connectivity index (χ0n) is 9.01. The molecule has 1 heterocycles. The number of phenolic OH excluding ortho intramolecular Hbond substituents is 1. The van der Waals surface area contributed by atoms with Crippen molar-refractivity contribution in [2.75, 3.05) is 5.73 Å². The number of aromatic hydroxyl groups is 1. The Bertz CT molecular complexity index is 688. The number of nitrogens with zero attached hydrogens (tertiary/aromatic N) is 1. The van der Waals surface area contributed by atoms with E-state index in [0.29, 0.717) is 5.82 Å². The van der Waals surface area contributed by atoms with E-state index in [9.17, 15) is 5.11 Å². The van der Waals surface area contributed by atoms with E-state index in [1.807, 2.05) is 30.3 Å². The van der Waals surface area contributed by atoms with Crippen LogP contribution in [0.3, 0.4) is 0 Å². The molecule has 0 atom stereocenters. The molecule has 17 heavy (non-hydrogen) atoms. The minimum absolute atomic E-state index is 0.253. The van der Waals surface area contributed by atoms with E-state index in [1.165, 1.54) is 0 Å². The van der Waals surface area contributed by atoms with Gasteiger partial charge in [-0.25, -0.2) is 0 Å². The topological polar surface area (TPSA) is 74.9 Å². The quantitative estimate of drug-likeness (QED) is 0.595. The van der Waals surface area contributed by atoms with Crippen molar-refractivity contribution in [2.45, 2.75) is 0 Å². The maximum atomic E-state index is 9.46. The number of nitrogens with one attached hydrogen (secondary N) is 1. The standard InChI is InChI=1S/C13H11N3O/c14-13-11-7-9(4-5-12(11)15-16-13)8-2-1-3-10(17)6-8/h1-7,17H,(H3,14,15,16). The van der Waals surface area contributed by atoms with Gasteiger partial charge in [0, 0.05) is 5.39 Å². The molecule has 0 spiro atoms. The molecular weight excluding hydrogens is 214 g/mol. The minimum Gasteiger partial charge on any atom is -0.508 e. The first kappa shape index (κ1) is 9.72. The highest BCUT2D eigenvalue weighted by molar-refractivity contribution is 5.92. The molecule has 0 saturated heterocycles. The summed E-state index contributed by atoms with van der Waals surface area (Å²) in [5.74, 6) is 0.741. The van der Waals surface area contributed by atoms with Crippen molar-refractivity contribution in [2.24, 2.45) is 0 Å². The van der Waals surface area contributed by atoms with E-state index in [-0.39, 0.29) is 5.75 Å². The summed E-state index contributed by atoms with van der Waals surface area (Å²) >= 11 is 0. The fourth-order valence-corrected chi connectivity index (χ4v) is 1.90. The van der Waals surface area contributed by atoms with Gasteiger partial charge in [0.15, 0.2) is 5.82 Å². The highest BCUT2D eigenvalue weighted by atomic mass is 16.3. The molecule has 4 N–H and O–H groups in total. The van der Waals surface area contributed by atoms with Crippen molar-refractivity contribution in [1.29, 1.82) is 0 Å². The van der Waals surface area contributed by atoms with Gasteiger partial charge in [0.25, 0.3) is 0 Å². The maximum absolute atomic E-state index is 9.46. The highest BCUT2D eigenvalue weighted by Crippen LogP contribution is 2.27. The largest absolute Gasteiger partial charge is 0.508 e. The zero-order chi connectivity index (χ0) is 11.8. The molecular formula is C13H11N3O. The first-order valence-electron chi connectivity index (χ1n) is 5.27. The third-order valence-corrected chi connectivity index (χ3v) is 2.77. The van der Waals surface area contributed by atoms with Crippen LogP contribution >= 0.6 is 0 Å². The molecule has 0 bridgehead atoms. The fraction of sp³-hybridized carbons (Fsp3) is 0. The molecule has 4 heteroatoms. The zero-order valence-corrected chi connectivity index (χ0v) is 9.01. The van der Waals surface area contributed by atoms with Crippen molar-refractivity contribution < 1.29 is 5.11 Å². The summed E-state index contributed by atoms with van der Waals surface area (Å²) in [5.41, 5.74) is 8.62. The molecule has 0 aliphatic rings. The maximum Gasteiger partial charge on any atom is 0.153 e. The van der Waals surface area contributed by atoms with Crippen LogP contribution in [0.4, 0.5) is 5.82 Å². The molecule has 0 aliphatic heterocycles. The van der Waals surface area contributed by atoms with Crippen LogP contribution in [0.1, 0.15) is 0 Å². The van der Waals surface area contributed by atoms with Crippen LogP contribution in [0.15, 0.2) is 42.5 Å². The number of hydrogen-bond acceptors (Lipinski definition) is 3. The Morgan fingerprint density at radius 3 is 2.71 bits per heavy atom. The molecule has 84 valence electrons. The van der Waals surface area contributed by atoms with Gasteiger partial charge in [-0.1, -0.05) is 18.2 Å². The number of aromatic amines is 1. The molecule has 3 aromatic rings. The summed E-state index contributed by atoms with van der Waals surface area (Å²) in [7, 11) is 0. The molecule has 0 radical (unpaired) electrons. The molecule has 2 aromatic carbocycles. The average Bonchev–Trinajstić information content (AvgIpc) is 2.71. The van der Waals surface area contributed by atoms with E-state index >= 15 is 0 Å². The van der Waals surface area contributed by atoms with Gasteiger partial charge in [0.05, 0.1) is 5.52 Å². The lowest BCUT2D eigenvalue weighted by molar-refractivity contribution is 0.475. The number of benzene rings is 2. The summed E-state index contributed by atoms with van der Waals surface area (Å²) in [6.45, 7) is 0. The van der Waals surface area contributed by atoms with Crippen LogP contribution in [0.2, 0.25) is 0 Å². The van der Waals surface area contributed by atoms with E-state index in [4.69, 9.17) is 5.73 Å². The van der Waals surface area contributed by atoms with Crippen LogP contribution in [-0.4, -0.2) is 15.3 Å². The summed E-state index contributed by atoms with van der Waals surface area (Å²) in [6.07, 6.45) is 0. The van der Waals surface area contributed by atoms with Gasteiger partial charge in [-0.05, 0) is 35.4 Å². The number of nitrogens with two attached hydrogens (primary N) is 1. The number of nitrogen functional groups attached to an aromatic ring is 1. The van der Waals surface area contributed by atoms with Gasteiger partial charge in [-0.15, -0.1) is 0 Å².